The van der Waals surface area contributed by atoms with Gasteiger partial charge in [0.2, 0.25) is 0 Å². The van der Waals surface area contributed by atoms with Crippen LogP contribution in [0.15, 0.2) is 52.2 Å². The number of aromatic amines is 1. The number of benzene rings is 2. The summed E-state index contributed by atoms with van der Waals surface area (Å²) in [4.78, 5) is 27.6. The molecule has 3 rings (SSSR count). The third-order valence-electron chi connectivity index (χ3n) is 4.82. The van der Waals surface area contributed by atoms with Crippen LogP contribution in [0.4, 0.5) is 13.2 Å². The van der Waals surface area contributed by atoms with Gasteiger partial charge in [0.25, 0.3) is 5.56 Å². The lowest BCUT2D eigenvalue weighted by Crippen LogP contribution is -2.21. The van der Waals surface area contributed by atoms with E-state index in [1.54, 1.807) is 0 Å². The molecule has 0 spiro atoms. The van der Waals surface area contributed by atoms with Gasteiger partial charge in [0, 0.05) is 20.6 Å². The van der Waals surface area contributed by atoms with E-state index >= 15 is 0 Å². The summed E-state index contributed by atoms with van der Waals surface area (Å²) in [6.07, 6.45) is -4.73. The smallest absolute Gasteiger partial charge is 0.321 e. The molecule has 3 nitrogen and oxygen atoms in total. The van der Waals surface area contributed by atoms with Gasteiger partial charge in [-0.05, 0) is 30.0 Å². The van der Waals surface area contributed by atoms with Crippen LogP contribution in [0.1, 0.15) is 54.4 Å². The van der Waals surface area contributed by atoms with Gasteiger partial charge in [-0.1, -0.05) is 62.7 Å². The fraction of sp³-hybridized carbons (Fsp3) is 0.304. The van der Waals surface area contributed by atoms with Crippen LogP contribution in [0, 0.1) is 5.41 Å². The standard InChI is InChI=1S/C23H21ClF3NO2S/c1-12(29)17-19(31-20(22(2,3)4)13-8-6-5-7-9-13)15-10-14(24)11-16(23(25,26)27)18(15)28-21(17)30/h5-11,20H,1-4H3,(H,28,30). The highest BCUT2D eigenvalue weighted by atomic mass is 35.5. The highest BCUT2D eigenvalue weighted by molar-refractivity contribution is 7.99. The third-order valence-corrected chi connectivity index (χ3v) is 6.92. The number of carbonyl (C=O) groups is 1. The first-order chi connectivity index (χ1) is 14.3. The maximum absolute atomic E-state index is 13.7. The Hall–Kier alpha value is -2.25. The van der Waals surface area contributed by atoms with Gasteiger partial charge in [0.15, 0.2) is 5.78 Å². The van der Waals surface area contributed by atoms with E-state index < -0.39 is 23.1 Å². The molecule has 0 aliphatic heterocycles. The third kappa shape index (κ3) is 4.83. The van der Waals surface area contributed by atoms with E-state index in [2.05, 4.69) is 4.98 Å². The molecule has 0 saturated heterocycles. The number of ketones is 1. The topological polar surface area (TPSA) is 49.9 Å². The molecule has 0 amide bonds. The second-order valence-electron chi connectivity index (χ2n) is 8.36. The van der Waals surface area contributed by atoms with Crippen molar-refractivity contribution in [3.05, 3.63) is 74.5 Å². The number of H-pyrrole nitrogens is 1. The fourth-order valence-electron chi connectivity index (χ4n) is 3.49. The number of alkyl halides is 3. The zero-order valence-electron chi connectivity index (χ0n) is 17.4. The van der Waals surface area contributed by atoms with Crippen LogP contribution >= 0.6 is 23.4 Å². The summed E-state index contributed by atoms with van der Waals surface area (Å²) >= 11 is 7.24. The number of Topliss-reactive ketones (excluding diaryl/α,β-unsaturated/α-hetero) is 1. The number of aromatic nitrogens is 1. The Bertz CT molecular complexity index is 1200. The molecule has 1 atom stereocenters. The number of thioether (sulfide) groups is 1. The Morgan fingerprint density at radius 2 is 1.71 bits per heavy atom. The molecule has 0 saturated carbocycles. The Morgan fingerprint density at radius 3 is 2.23 bits per heavy atom. The van der Waals surface area contributed by atoms with E-state index in [0.717, 1.165) is 11.6 Å². The van der Waals surface area contributed by atoms with Crippen LogP contribution in [0.25, 0.3) is 10.9 Å². The van der Waals surface area contributed by atoms with E-state index in [1.165, 1.54) is 24.8 Å². The molecule has 0 aliphatic rings. The van der Waals surface area contributed by atoms with E-state index in [-0.39, 0.29) is 37.0 Å². The van der Waals surface area contributed by atoms with Gasteiger partial charge in [0.1, 0.15) is 0 Å². The van der Waals surface area contributed by atoms with Gasteiger partial charge < -0.3 is 4.98 Å². The molecule has 1 unspecified atom stereocenters. The first-order valence-electron chi connectivity index (χ1n) is 9.50. The van der Waals surface area contributed by atoms with Crippen molar-refractivity contribution < 1.29 is 18.0 Å². The number of carbonyl (C=O) groups excluding carboxylic acids is 1. The van der Waals surface area contributed by atoms with Crippen molar-refractivity contribution in [2.75, 3.05) is 0 Å². The van der Waals surface area contributed by atoms with Crippen LogP contribution < -0.4 is 5.56 Å². The SMILES string of the molecule is CC(=O)c1c(SC(c2ccccc2)C(C)(C)C)c2cc(Cl)cc(C(F)(F)F)c2[nH]c1=O. The lowest BCUT2D eigenvalue weighted by Gasteiger charge is -2.31. The van der Waals surface area contributed by atoms with Crippen molar-refractivity contribution in [2.45, 2.75) is 44.0 Å². The molecule has 164 valence electrons. The number of halogens is 4. The van der Waals surface area contributed by atoms with E-state index in [9.17, 15) is 22.8 Å². The molecule has 1 N–H and O–H groups in total. The second kappa shape index (κ2) is 8.36. The minimum Gasteiger partial charge on any atom is -0.321 e. The Labute approximate surface area is 187 Å². The molecule has 8 heteroatoms. The van der Waals surface area contributed by atoms with E-state index in [1.807, 2.05) is 51.1 Å². The fourth-order valence-corrected chi connectivity index (χ4v) is 5.23. The van der Waals surface area contributed by atoms with Crippen molar-refractivity contribution in [2.24, 2.45) is 5.41 Å². The number of hydrogen-bond acceptors (Lipinski definition) is 3. The summed E-state index contributed by atoms with van der Waals surface area (Å²) in [7, 11) is 0. The maximum atomic E-state index is 13.7. The summed E-state index contributed by atoms with van der Waals surface area (Å²) in [6, 6.07) is 11.6. The Kier molecular flexibility index (Phi) is 6.31. The summed E-state index contributed by atoms with van der Waals surface area (Å²) in [5.41, 5.74) is -1.85. The largest absolute Gasteiger partial charge is 0.418 e. The normalized spacial score (nSPS) is 13.4. The molecule has 31 heavy (non-hydrogen) atoms. The maximum Gasteiger partial charge on any atom is 0.418 e. The number of rotatable bonds is 4. The molecule has 0 radical (unpaired) electrons. The van der Waals surface area contributed by atoms with Crippen LogP contribution in [-0.4, -0.2) is 10.8 Å². The Morgan fingerprint density at radius 1 is 1.10 bits per heavy atom. The minimum atomic E-state index is -4.73. The van der Waals surface area contributed by atoms with Crippen LogP contribution in [0.3, 0.4) is 0 Å². The summed E-state index contributed by atoms with van der Waals surface area (Å²) in [5.74, 6) is -0.528. The average molecular weight is 468 g/mol. The number of hydrogen-bond donors (Lipinski definition) is 1. The Balaban J connectivity index is 2.39. The van der Waals surface area contributed by atoms with Crippen LogP contribution in [0.5, 0.6) is 0 Å². The number of fused-ring (bicyclic) bond motifs is 1. The zero-order chi connectivity index (χ0) is 23.1. The quantitative estimate of drug-likeness (QED) is 0.324. The predicted octanol–water partition coefficient (Wildman–Crippen LogP) is 7.28. The molecular weight excluding hydrogens is 447 g/mol. The van der Waals surface area contributed by atoms with Crippen molar-refractivity contribution in [3.63, 3.8) is 0 Å². The number of pyridine rings is 1. The van der Waals surface area contributed by atoms with Crippen LogP contribution in [-0.2, 0) is 6.18 Å². The van der Waals surface area contributed by atoms with Crippen molar-refractivity contribution in [1.82, 2.24) is 4.98 Å². The summed E-state index contributed by atoms with van der Waals surface area (Å²) in [5, 5.41) is -0.278. The minimum absolute atomic E-state index is 0.0970. The number of nitrogens with one attached hydrogen (secondary N) is 1. The second-order valence-corrected chi connectivity index (χ2v) is 9.91. The highest BCUT2D eigenvalue weighted by Gasteiger charge is 2.36. The van der Waals surface area contributed by atoms with Gasteiger partial charge in [-0.25, -0.2) is 0 Å². The molecule has 0 aliphatic carbocycles. The average Bonchev–Trinajstić information content (AvgIpc) is 2.64. The van der Waals surface area contributed by atoms with Crippen molar-refractivity contribution in [3.8, 4) is 0 Å². The predicted molar refractivity (Wildman–Crippen MR) is 119 cm³/mol. The molecule has 1 heterocycles. The molecule has 1 aromatic heterocycles. The monoisotopic (exact) mass is 467 g/mol. The van der Waals surface area contributed by atoms with Gasteiger partial charge >= 0.3 is 6.18 Å². The summed E-state index contributed by atoms with van der Waals surface area (Å²) in [6.45, 7) is 7.21. The van der Waals surface area contributed by atoms with E-state index in [0.29, 0.717) is 0 Å². The first kappa shape index (κ1) is 23.4. The highest BCUT2D eigenvalue weighted by Crippen LogP contribution is 2.50. The molecular formula is C23H21ClF3NO2S. The molecule has 0 fully saturated rings. The summed E-state index contributed by atoms with van der Waals surface area (Å²) < 4.78 is 41.0. The molecule has 3 aromatic rings. The van der Waals surface area contributed by atoms with Gasteiger partial charge in [-0.15, -0.1) is 11.8 Å². The van der Waals surface area contributed by atoms with E-state index in [4.69, 9.17) is 11.6 Å². The van der Waals surface area contributed by atoms with Gasteiger partial charge in [0.05, 0.1) is 16.6 Å². The van der Waals surface area contributed by atoms with Crippen LogP contribution in [0.2, 0.25) is 5.02 Å². The molecule has 0 bridgehead atoms. The van der Waals surface area contributed by atoms with Crippen molar-refractivity contribution >= 4 is 40.0 Å². The lowest BCUT2D eigenvalue weighted by atomic mass is 9.87. The lowest BCUT2D eigenvalue weighted by molar-refractivity contribution is -0.136. The van der Waals surface area contributed by atoms with Gasteiger partial charge in [-0.3, -0.25) is 9.59 Å². The van der Waals surface area contributed by atoms with Crippen molar-refractivity contribution in [1.29, 1.82) is 0 Å². The molecule has 2 aromatic carbocycles. The van der Waals surface area contributed by atoms with Gasteiger partial charge in [-0.2, -0.15) is 13.2 Å². The first-order valence-corrected chi connectivity index (χ1v) is 10.8. The zero-order valence-corrected chi connectivity index (χ0v) is 18.9.